The molecule has 0 radical (unpaired) electrons. The normalized spacial score (nSPS) is 10.7. The van der Waals surface area contributed by atoms with E-state index in [-0.39, 0.29) is 11.8 Å². The summed E-state index contributed by atoms with van der Waals surface area (Å²) >= 11 is 0. The number of fused-ring (bicyclic) bond motifs is 1. The molecule has 2 N–H and O–H groups in total. The minimum Gasteiger partial charge on any atom is -0.322 e. The van der Waals surface area contributed by atoms with E-state index in [4.69, 9.17) is 0 Å². The van der Waals surface area contributed by atoms with E-state index in [1.54, 1.807) is 24.3 Å². The number of benzene rings is 3. The molecule has 0 fully saturated rings. The molecule has 0 saturated heterocycles. The highest BCUT2D eigenvalue weighted by Crippen LogP contribution is 2.22. The molecule has 6 nitrogen and oxygen atoms in total. The third-order valence-corrected chi connectivity index (χ3v) is 4.98. The Hall–Kier alpha value is -3.93. The van der Waals surface area contributed by atoms with Crippen molar-refractivity contribution in [1.29, 1.82) is 0 Å². The highest BCUT2D eigenvalue weighted by atomic mass is 16.2. The van der Waals surface area contributed by atoms with E-state index in [9.17, 15) is 9.59 Å². The summed E-state index contributed by atoms with van der Waals surface area (Å²) in [6.07, 6.45) is 0. The average molecular weight is 398 g/mol. The van der Waals surface area contributed by atoms with Crippen LogP contribution in [0.2, 0.25) is 0 Å². The van der Waals surface area contributed by atoms with Crippen LogP contribution in [0.15, 0.2) is 72.8 Å². The van der Waals surface area contributed by atoms with Crippen LogP contribution in [0, 0.1) is 6.92 Å². The molecule has 0 aliphatic carbocycles. The number of rotatable bonds is 5. The highest BCUT2D eigenvalue weighted by molar-refractivity contribution is 6.07. The first-order valence-electron chi connectivity index (χ1n) is 9.80. The lowest BCUT2D eigenvalue weighted by molar-refractivity contribution is 0.101. The van der Waals surface area contributed by atoms with Gasteiger partial charge in [0.2, 0.25) is 5.95 Å². The molecule has 0 aliphatic heterocycles. The predicted octanol–water partition coefficient (Wildman–Crippen LogP) is 4.87. The summed E-state index contributed by atoms with van der Waals surface area (Å²) in [5.74, 6) is -0.00149. The lowest BCUT2D eigenvalue weighted by atomic mass is 10.1. The smallest absolute Gasteiger partial charge is 0.258 e. The molecule has 3 aromatic carbocycles. The fraction of sp³-hybridized carbons (Fsp3) is 0.125. The number of nitrogens with zero attached hydrogens (tertiary/aromatic N) is 2. The monoisotopic (exact) mass is 398 g/mol. The van der Waals surface area contributed by atoms with Crippen LogP contribution in [-0.2, 0) is 6.54 Å². The Kier molecular flexibility index (Phi) is 5.30. The number of imidazole rings is 1. The summed E-state index contributed by atoms with van der Waals surface area (Å²) in [4.78, 5) is 29.9. The Labute approximate surface area is 174 Å². The van der Waals surface area contributed by atoms with Gasteiger partial charge >= 0.3 is 0 Å². The quantitative estimate of drug-likeness (QED) is 0.504. The molecule has 6 heteroatoms. The minimum atomic E-state index is -0.282. The van der Waals surface area contributed by atoms with Crippen molar-refractivity contribution in [3.8, 4) is 0 Å². The summed E-state index contributed by atoms with van der Waals surface area (Å²) in [5.41, 5.74) is 4.27. The molecular formula is C24H22N4O2. The maximum atomic E-state index is 12.9. The van der Waals surface area contributed by atoms with Crippen molar-refractivity contribution in [3.63, 3.8) is 0 Å². The van der Waals surface area contributed by atoms with Gasteiger partial charge in [-0.05, 0) is 55.8 Å². The van der Waals surface area contributed by atoms with E-state index in [2.05, 4.69) is 15.6 Å². The zero-order chi connectivity index (χ0) is 21.1. The number of aromatic nitrogens is 2. The fourth-order valence-corrected chi connectivity index (χ4v) is 3.35. The molecule has 4 aromatic rings. The SMILES string of the molecule is CCn1c(NC(=O)c2ccc(C)c(NC(=O)c3ccccc3)c2)nc2ccccc21. The van der Waals surface area contributed by atoms with Gasteiger partial charge in [0.25, 0.3) is 11.8 Å². The Bertz CT molecular complexity index is 1230. The Morgan fingerprint density at radius 2 is 1.57 bits per heavy atom. The van der Waals surface area contributed by atoms with Gasteiger partial charge in [0.1, 0.15) is 0 Å². The van der Waals surface area contributed by atoms with Crippen molar-refractivity contribution >= 4 is 34.5 Å². The van der Waals surface area contributed by atoms with Gasteiger partial charge in [-0.25, -0.2) is 4.98 Å². The summed E-state index contributed by atoms with van der Waals surface area (Å²) in [5, 5.41) is 5.79. The zero-order valence-corrected chi connectivity index (χ0v) is 16.8. The maximum absolute atomic E-state index is 12.9. The summed E-state index contributed by atoms with van der Waals surface area (Å²) in [6.45, 7) is 4.58. The van der Waals surface area contributed by atoms with Crippen LogP contribution < -0.4 is 10.6 Å². The first kappa shape index (κ1) is 19.4. The van der Waals surface area contributed by atoms with E-state index >= 15 is 0 Å². The molecule has 0 saturated carbocycles. The number of anilines is 2. The number of hydrogen-bond acceptors (Lipinski definition) is 3. The summed E-state index contributed by atoms with van der Waals surface area (Å²) in [7, 11) is 0. The molecule has 4 rings (SSSR count). The van der Waals surface area contributed by atoms with E-state index in [1.807, 2.05) is 66.9 Å². The Morgan fingerprint density at radius 3 is 2.33 bits per heavy atom. The molecule has 2 amide bonds. The number of carbonyl (C=O) groups is 2. The lowest BCUT2D eigenvalue weighted by Crippen LogP contribution is -2.17. The van der Waals surface area contributed by atoms with Gasteiger partial charge in [-0.2, -0.15) is 0 Å². The van der Waals surface area contributed by atoms with Crippen molar-refractivity contribution in [1.82, 2.24) is 9.55 Å². The van der Waals surface area contributed by atoms with Crippen LogP contribution in [0.1, 0.15) is 33.2 Å². The van der Waals surface area contributed by atoms with Gasteiger partial charge in [0.05, 0.1) is 11.0 Å². The van der Waals surface area contributed by atoms with Crippen LogP contribution in [0.3, 0.4) is 0 Å². The standard InChI is InChI=1S/C24H22N4O2/c1-3-28-21-12-8-7-11-19(21)26-24(28)27-23(30)18-14-13-16(2)20(15-18)25-22(29)17-9-5-4-6-10-17/h4-15H,3H2,1-2H3,(H,25,29)(H,26,27,30). The van der Waals surface area contributed by atoms with E-state index in [0.717, 1.165) is 16.6 Å². The first-order valence-corrected chi connectivity index (χ1v) is 9.80. The lowest BCUT2D eigenvalue weighted by Gasteiger charge is -2.12. The predicted molar refractivity (Wildman–Crippen MR) is 119 cm³/mol. The highest BCUT2D eigenvalue weighted by Gasteiger charge is 2.15. The van der Waals surface area contributed by atoms with Gasteiger partial charge in [-0.1, -0.05) is 36.4 Å². The second-order valence-corrected chi connectivity index (χ2v) is 6.97. The third-order valence-electron chi connectivity index (χ3n) is 4.98. The molecule has 0 aliphatic rings. The first-order chi connectivity index (χ1) is 14.6. The van der Waals surface area contributed by atoms with Crippen molar-refractivity contribution < 1.29 is 9.59 Å². The zero-order valence-electron chi connectivity index (χ0n) is 16.8. The minimum absolute atomic E-state index is 0.218. The van der Waals surface area contributed by atoms with Crippen LogP contribution in [0.25, 0.3) is 11.0 Å². The average Bonchev–Trinajstić information content (AvgIpc) is 3.12. The van der Waals surface area contributed by atoms with Crippen molar-refractivity contribution in [2.75, 3.05) is 10.6 Å². The molecule has 1 heterocycles. The molecule has 0 atom stereocenters. The number of hydrogen-bond donors (Lipinski definition) is 2. The number of para-hydroxylation sites is 2. The Balaban J connectivity index is 1.58. The third kappa shape index (κ3) is 3.80. The molecular weight excluding hydrogens is 376 g/mol. The topological polar surface area (TPSA) is 76.0 Å². The molecule has 30 heavy (non-hydrogen) atoms. The van der Waals surface area contributed by atoms with Crippen molar-refractivity contribution in [2.45, 2.75) is 20.4 Å². The molecule has 150 valence electrons. The van der Waals surface area contributed by atoms with Crippen LogP contribution in [0.4, 0.5) is 11.6 Å². The van der Waals surface area contributed by atoms with Crippen molar-refractivity contribution in [3.05, 3.63) is 89.5 Å². The molecule has 0 bridgehead atoms. The molecule has 1 aromatic heterocycles. The molecule has 0 spiro atoms. The van der Waals surface area contributed by atoms with E-state index in [0.29, 0.717) is 29.3 Å². The van der Waals surface area contributed by atoms with E-state index in [1.165, 1.54) is 0 Å². The van der Waals surface area contributed by atoms with Crippen molar-refractivity contribution in [2.24, 2.45) is 0 Å². The summed E-state index contributed by atoms with van der Waals surface area (Å²) < 4.78 is 1.96. The van der Waals surface area contributed by atoms with Gasteiger partial charge in [-0.3, -0.25) is 14.9 Å². The number of nitrogens with one attached hydrogen (secondary N) is 2. The summed E-state index contributed by atoms with van der Waals surface area (Å²) in [6, 6.07) is 22.0. The van der Waals surface area contributed by atoms with Gasteiger partial charge in [0, 0.05) is 23.4 Å². The maximum Gasteiger partial charge on any atom is 0.258 e. The fourth-order valence-electron chi connectivity index (χ4n) is 3.35. The van der Waals surface area contributed by atoms with Gasteiger partial charge < -0.3 is 9.88 Å². The molecule has 0 unspecified atom stereocenters. The second kappa shape index (κ2) is 8.21. The second-order valence-electron chi connectivity index (χ2n) is 6.97. The van der Waals surface area contributed by atoms with Crippen LogP contribution >= 0.6 is 0 Å². The number of aryl methyl sites for hydroxylation is 2. The van der Waals surface area contributed by atoms with Gasteiger partial charge in [0.15, 0.2) is 0 Å². The van der Waals surface area contributed by atoms with Crippen LogP contribution in [0.5, 0.6) is 0 Å². The largest absolute Gasteiger partial charge is 0.322 e. The number of amides is 2. The van der Waals surface area contributed by atoms with Gasteiger partial charge in [-0.15, -0.1) is 0 Å². The Morgan fingerprint density at radius 1 is 0.867 bits per heavy atom. The number of carbonyl (C=O) groups excluding carboxylic acids is 2. The van der Waals surface area contributed by atoms with Crippen LogP contribution in [-0.4, -0.2) is 21.4 Å². The van der Waals surface area contributed by atoms with E-state index < -0.39 is 0 Å².